The van der Waals surface area contributed by atoms with Gasteiger partial charge in [-0.2, -0.15) is 0 Å². The van der Waals surface area contributed by atoms with Gasteiger partial charge in [0, 0.05) is 11.6 Å². The van der Waals surface area contributed by atoms with Crippen LogP contribution in [0.1, 0.15) is 36.0 Å². The van der Waals surface area contributed by atoms with Crippen molar-refractivity contribution in [1.29, 1.82) is 0 Å². The SMILES string of the molecule is O=C(NC1CCCC1)c1cccc(O)c1. The van der Waals surface area contributed by atoms with Crippen molar-refractivity contribution < 1.29 is 9.90 Å². The number of phenolic OH excluding ortho intramolecular Hbond substituents is 1. The van der Waals surface area contributed by atoms with Crippen LogP contribution in [0.5, 0.6) is 5.75 Å². The first-order valence-electron chi connectivity index (χ1n) is 5.35. The predicted molar refractivity (Wildman–Crippen MR) is 57.8 cm³/mol. The third-order valence-corrected chi connectivity index (χ3v) is 2.80. The minimum Gasteiger partial charge on any atom is -0.508 e. The van der Waals surface area contributed by atoms with Crippen molar-refractivity contribution in [2.75, 3.05) is 0 Å². The van der Waals surface area contributed by atoms with Gasteiger partial charge in [-0.15, -0.1) is 0 Å². The Labute approximate surface area is 89.1 Å². The van der Waals surface area contributed by atoms with E-state index in [9.17, 15) is 9.90 Å². The van der Waals surface area contributed by atoms with Crippen LogP contribution in [0, 0.1) is 0 Å². The maximum absolute atomic E-state index is 11.7. The van der Waals surface area contributed by atoms with E-state index in [1.54, 1.807) is 18.2 Å². The van der Waals surface area contributed by atoms with Crippen LogP contribution in [0.25, 0.3) is 0 Å². The largest absolute Gasteiger partial charge is 0.508 e. The molecule has 1 aliphatic rings. The summed E-state index contributed by atoms with van der Waals surface area (Å²) in [6.45, 7) is 0. The first kappa shape index (κ1) is 10.0. The van der Waals surface area contributed by atoms with E-state index in [0.717, 1.165) is 12.8 Å². The summed E-state index contributed by atoms with van der Waals surface area (Å²) in [6.07, 6.45) is 4.55. The average molecular weight is 205 g/mol. The van der Waals surface area contributed by atoms with Crippen LogP contribution in [0.15, 0.2) is 24.3 Å². The fourth-order valence-corrected chi connectivity index (χ4v) is 1.99. The summed E-state index contributed by atoms with van der Waals surface area (Å²) in [6, 6.07) is 6.76. The van der Waals surface area contributed by atoms with Crippen molar-refractivity contribution in [2.45, 2.75) is 31.7 Å². The number of phenols is 1. The van der Waals surface area contributed by atoms with Gasteiger partial charge in [-0.1, -0.05) is 18.9 Å². The van der Waals surface area contributed by atoms with Gasteiger partial charge in [0.2, 0.25) is 0 Å². The molecule has 0 radical (unpaired) electrons. The average Bonchev–Trinajstić information content (AvgIpc) is 2.70. The van der Waals surface area contributed by atoms with Gasteiger partial charge < -0.3 is 10.4 Å². The monoisotopic (exact) mass is 205 g/mol. The van der Waals surface area contributed by atoms with Crippen LogP contribution in [0.4, 0.5) is 0 Å². The van der Waals surface area contributed by atoms with E-state index < -0.39 is 0 Å². The fraction of sp³-hybridized carbons (Fsp3) is 0.417. The van der Waals surface area contributed by atoms with Gasteiger partial charge in [0.1, 0.15) is 5.75 Å². The number of amides is 1. The highest BCUT2D eigenvalue weighted by atomic mass is 16.3. The second-order valence-electron chi connectivity index (χ2n) is 4.01. The second kappa shape index (κ2) is 4.34. The summed E-state index contributed by atoms with van der Waals surface area (Å²) >= 11 is 0. The summed E-state index contributed by atoms with van der Waals surface area (Å²) in [5.74, 6) is 0.0480. The molecule has 0 unspecified atom stereocenters. The van der Waals surface area contributed by atoms with Gasteiger partial charge in [-0.05, 0) is 31.0 Å². The molecule has 0 bridgehead atoms. The zero-order chi connectivity index (χ0) is 10.7. The van der Waals surface area contributed by atoms with Gasteiger partial charge in [-0.25, -0.2) is 0 Å². The standard InChI is InChI=1S/C12H15NO2/c14-11-7-3-4-9(8-11)12(15)13-10-5-1-2-6-10/h3-4,7-8,10,14H,1-2,5-6H2,(H,13,15). The van der Waals surface area contributed by atoms with Crippen LogP contribution in [-0.2, 0) is 0 Å². The zero-order valence-electron chi connectivity index (χ0n) is 8.57. The molecule has 0 heterocycles. The van der Waals surface area contributed by atoms with Gasteiger partial charge >= 0.3 is 0 Å². The molecule has 0 aromatic heterocycles. The van der Waals surface area contributed by atoms with Crippen LogP contribution >= 0.6 is 0 Å². The minimum atomic E-state index is -0.0854. The van der Waals surface area contributed by atoms with Gasteiger partial charge in [0.05, 0.1) is 0 Å². The normalized spacial score (nSPS) is 16.5. The first-order valence-corrected chi connectivity index (χ1v) is 5.35. The molecule has 0 atom stereocenters. The van der Waals surface area contributed by atoms with E-state index >= 15 is 0 Å². The molecule has 80 valence electrons. The lowest BCUT2D eigenvalue weighted by Gasteiger charge is -2.11. The molecule has 1 amide bonds. The summed E-state index contributed by atoms with van der Waals surface area (Å²) in [5, 5.41) is 12.2. The highest BCUT2D eigenvalue weighted by molar-refractivity contribution is 5.94. The molecule has 2 rings (SSSR count). The Balaban J connectivity index is 2.01. The minimum absolute atomic E-state index is 0.0854. The molecular formula is C12H15NO2. The smallest absolute Gasteiger partial charge is 0.251 e. The lowest BCUT2D eigenvalue weighted by Crippen LogP contribution is -2.32. The maximum atomic E-state index is 11.7. The Morgan fingerprint density at radius 2 is 2.07 bits per heavy atom. The van der Waals surface area contributed by atoms with Crippen LogP contribution in [0.3, 0.4) is 0 Å². The molecule has 3 heteroatoms. The van der Waals surface area contributed by atoms with Crippen molar-refractivity contribution in [3.05, 3.63) is 29.8 Å². The second-order valence-corrected chi connectivity index (χ2v) is 4.01. The molecule has 1 saturated carbocycles. The van der Waals surface area contributed by atoms with Gasteiger partial charge in [0.25, 0.3) is 5.91 Å². The van der Waals surface area contributed by atoms with E-state index in [1.807, 2.05) is 0 Å². The summed E-state index contributed by atoms with van der Waals surface area (Å²) < 4.78 is 0. The van der Waals surface area contributed by atoms with Crippen molar-refractivity contribution in [1.82, 2.24) is 5.32 Å². The molecule has 0 aliphatic heterocycles. The quantitative estimate of drug-likeness (QED) is 0.776. The van der Waals surface area contributed by atoms with Crippen molar-refractivity contribution in [3.63, 3.8) is 0 Å². The molecular weight excluding hydrogens is 190 g/mol. The van der Waals surface area contributed by atoms with Crippen LogP contribution < -0.4 is 5.32 Å². The fourth-order valence-electron chi connectivity index (χ4n) is 1.99. The number of carbonyl (C=O) groups excluding carboxylic acids is 1. The molecule has 2 N–H and O–H groups in total. The Kier molecular flexibility index (Phi) is 2.90. The lowest BCUT2D eigenvalue weighted by molar-refractivity contribution is 0.0937. The molecule has 1 aliphatic carbocycles. The van der Waals surface area contributed by atoms with E-state index in [2.05, 4.69) is 5.32 Å². The Bertz CT molecular complexity index is 356. The zero-order valence-corrected chi connectivity index (χ0v) is 8.57. The summed E-state index contributed by atoms with van der Waals surface area (Å²) in [5.41, 5.74) is 0.530. The number of rotatable bonds is 2. The predicted octanol–water partition coefficient (Wildman–Crippen LogP) is 2.06. The van der Waals surface area contributed by atoms with Gasteiger partial charge in [0.15, 0.2) is 0 Å². The number of hydrogen-bond acceptors (Lipinski definition) is 2. The van der Waals surface area contributed by atoms with E-state index in [1.165, 1.54) is 18.9 Å². The van der Waals surface area contributed by atoms with Crippen LogP contribution in [-0.4, -0.2) is 17.1 Å². The Morgan fingerprint density at radius 3 is 2.73 bits per heavy atom. The number of carbonyl (C=O) groups is 1. The molecule has 3 nitrogen and oxygen atoms in total. The highest BCUT2D eigenvalue weighted by Crippen LogP contribution is 2.18. The molecule has 1 aromatic carbocycles. The third-order valence-electron chi connectivity index (χ3n) is 2.80. The number of benzene rings is 1. The Morgan fingerprint density at radius 1 is 1.33 bits per heavy atom. The Hall–Kier alpha value is -1.51. The highest BCUT2D eigenvalue weighted by Gasteiger charge is 2.17. The maximum Gasteiger partial charge on any atom is 0.251 e. The van der Waals surface area contributed by atoms with Crippen LogP contribution in [0.2, 0.25) is 0 Å². The molecule has 0 spiro atoms. The van der Waals surface area contributed by atoms with Crippen molar-refractivity contribution >= 4 is 5.91 Å². The number of aromatic hydroxyl groups is 1. The van der Waals surface area contributed by atoms with E-state index in [-0.39, 0.29) is 11.7 Å². The molecule has 0 saturated heterocycles. The summed E-state index contributed by atoms with van der Waals surface area (Å²) in [4.78, 5) is 11.7. The lowest BCUT2D eigenvalue weighted by atomic mass is 10.1. The van der Waals surface area contributed by atoms with E-state index in [0.29, 0.717) is 11.6 Å². The van der Waals surface area contributed by atoms with Gasteiger partial charge in [-0.3, -0.25) is 4.79 Å². The molecule has 1 aromatic rings. The topological polar surface area (TPSA) is 49.3 Å². The summed E-state index contributed by atoms with van der Waals surface area (Å²) in [7, 11) is 0. The van der Waals surface area contributed by atoms with Crippen molar-refractivity contribution in [3.8, 4) is 5.75 Å². The third kappa shape index (κ3) is 2.49. The molecule has 15 heavy (non-hydrogen) atoms. The number of hydrogen-bond donors (Lipinski definition) is 2. The first-order chi connectivity index (χ1) is 7.25. The van der Waals surface area contributed by atoms with Crippen molar-refractivity contribution in [2.24, 2.45) is 0 Å². The molecule has 1 fully saturated rings. The number of nitrogens with one attached hydrogen (secondary N) is 1. The van der Waals surface area contributed by atoms with E-state index in [4.69, 9.17) is 0 Å².